The molecule has 3 aromatic carbocycles. The van der Waals surface area contributed by atoms with Gasteiger partial charge in [0.05, 0.1) is 4.47 Å². The summed E-state index contributed by atoms with van der Waals surface area (Å²) in [5.41, 5.74) is 3.89. The second kappa shape index (κ2) is 8.28. The summed E-state index contributed by atoms with van der Waals surface area (Å²) in [6.07, 6.45) is 1.95. The van der Waals surface area contributed by atoms with Gasteiger partial charge in [-0.3, -0.25) is 0 Å². The van der Waals surface area contributed by atoms with Gasteiger partial charge < -0.3 is 4.74 Å². The Morgan fingerprint density at radius 2 is 1.67 bits per heavy atom. The van der Waals surface area contributed by atoms with Crippen LogP contribution in [0.3, 0.4) is 0 Å². The standard InChI is InChI=1S/C24H21BrOS/c1-2-18-15-23(26-16-17-8-4-3-5-9-17)22(25)14-20(18)13-21-12-19-10-6-7-11-24(19)27-21/h3-12,14-15H,2,13,16H2,1H3. The Morgan fingerprint density at radius 1 is 0.889 bits per heavy atom. The normalized spacial score (nSPS) is 11.0. The van der Waals surface area contributed by atoms with Gasteiger partial charge in [0, 0.05) is 16.0 Å². The van der Waals surface area contributed by atoms with Crippen molar-refractivity contribution in [3.05, 3.63) is 98.8 Å². The number of hydrogen-bond acceptors (Lipinski definition) is 2. The molecule has 0 N–H and O–H groups in total. The molecular formula is C24H21BrOS. The maximum Gasteiger partial charge on any atom is 0.134 e. The fourth-order valence-electron chi connectivity index (χ4n) is 3.29. The first-order chi connectivity index (χ1) is 13.2. The van der Waals surface area contributed by atoms with Crippen molar-refractivity contribution >= 4 is 37.4 Å². The molecule has 27 heavy (non-hydrogen) atoms. The first-order valence-electron chi connectivity index (χ1n) is 9.18. The number of benzene rings is 3. The van der Waals surface area contributed by atoms with Gasteiger partial charge in [-0.1, -0.05) is 55.5 Å². The first-order valence-corrected chi connectivity index (χ1v) is 10.8. The minimum absolute atomic E-state index is 0.582. The number of halogens is 1. The molecule has 0 spiro atoms. The van der Waals surface area contributed by atoms with Crippen molar-refractivity contribution in [2.75, 3.05) is 0 Å². The van der Waals surface area contributed by atoms with Gasteiger partial charge in [-0.2, -0.15) is 0 Å². The van der Waals surface area contributed by atoms with Crippen LogP contribution in [0.25, 0.3) is 10.1 Å². The van der Waals surface area contributed by atoms with Crippen LogP contribution in [0.1, 0.15) is 28.5 Å². The van der Waals surface area contributed by atoms with Crippen molar-refractivity contribution in [1.29, 1.82) is 0 Å². The molecule has 0 saturated heterocycles. The molecule has 0 fully saturated rings. The van der Waals surface area contributed by atoms with E-state index in [1.54, 1.807) is 0 Å². The molecule has 0 radical (unpaired) electrons. The lowest BCUT2D eigenvalue weighted by molar-refractivity contribution is 0.304. The Labute approximate surface area is 172 Å². The summed E-state index contributed by atoms with van der Waals surface area (Å²) in [5, 5.41) is 1.33. The lowest BCUT2D eigenvalue weighted by atomic mass is 10.0. The summed E-state index contributed by atoms with van der Waals surface area (Å²) in [6, 6.07) is 25.6. The molecule has 0 atom stereocenters. The lowest BCUT2D eigenvalue weighted by Crippen LogP contribution is -1.99. The molecule has 1 nitrogen and oxygen atoms in total. The average Bonchev–Trinajstić information content (AvgIpc) is 3.10. The third-order valence-electron chi connectivity index (χ3n) is 4.71. The van der Waals surface area contributed by atoms with Gasteiger partial charge in [0.2, 0.25) is 0 Å². The molecule has 4 aromatic rings. The topological polar surface area (TPSA) is 9.23 Å². The predicted molar refractivity (Wildman–Crippen MR) is 119 cm³/mol. The Hall–Kier alpha value is -2.10. The van der Waals surface area contributed by atoms with Crippen molar-refractivity contribution in [1.82, 2.24) is 0 Å². The number of rotatable bonds is 6. The van der Waals surface area contributed by atoms with Crippen LogP contribution in [-0.4, -0.2) is 0 Å². The number of thiophene rings is 1. The summed E-state index contributed by atoms with van der Waals surface area (Å²) in [7, 11) is 0. The van der Waals surface area contributed by atoms with Crippen molar-refractivity contribution in [2.24, 2.45) is 0 Å². The second-order valence-electron chi connectivity index (χ2n) is 6.61. The van der Waals surface area contributed by atoms with Crippen molar-refractivity contribution in [2.45, 2.75) is 26.4 Å². The van der Waals surface area contributed by atoms with Crippen LogP contribution in [0, 0.1) is 0 Å². The predicted octanol–water partition coefficient (Wildman–Crippen LogP) is 7.40. The van der Waals surface area contributed by atoms with E-state index in [0.29, 0.717) is 6.61 Å². The van der Waals surface area contributed by atoms with Gasteiger partial charge in [-0.25, -0.2) is 0 Å². The van der Waals surface area contributed by atoms with Crippen molar-refractivity contribution in [3.63, 3.8) is 0 Å². The summed E-state index contributed by atoms with van der Waals surface area (Å²) < 4.78 is 8.45. The Morgan fingerprint density at radius 3 is 2.44 bits per heavy atom. The van der Waals surface area contributed by atoms with E-state index in [2.05, 4.69) is 77.5 Å². The van der Waals surface area contributed by atoms with Gasteiger partial charge in [-0.05, 0) is 68.7 Å². The van der Waals surface area contributed by atoms with Gasteiger partial charge in [0.1, 0.15) is 12.4 Å². The number of ether oxygens (including phenoxy) is 1. The highest BCUT2D eigenvalue weighted by molar-refractivity contribution is 9.10. The smallest absolute Gasteiger partial charge is 0.134 e. The summed E-state index contributed by atoms with van der Waals surface area (Å²) in [4.78, 5) is 1.40. The van der Waals surface area contributed by atoms with E-state index in [4.69, 9.17) is 4.74 Å². The van der Waals surface area contributed by atoms with Gasteiger partial charge in [0.25, 0.3) is 0 Å². The minimum atomic E-state index is 0.582. The lowest BCUT2D eigenvalue weighted by Gasteiger charge is -2.14. The quantitative estimate of drug-likeness (QED) is 0.305. The maximum absolute atomic E-state index is 6.07. The van der Waals surface area contributed by atoms with E-state index in [1.807, 2.05) is 29.5 Å². The molecular weight excluding hydrogens is 416 g/mol. The van der Waals surface area contributed by atoms with Gasteiger partial charge in [0.15, 0.2) is 0 Å². The molecule has 4 rings (SSSR count). The van der Waals surface area contributed by atoms with Crippen LogP contribution in [0.4, 0.5) is 0 Å². The Kier molecular flexibility index (Phi) is 5.61. The number of hydrogen-bond donors (Lipinski definition) is 0. The van der Waals surface area contributed by atoms with Crippen LogP contribution in [-0.2, 0) is 19.4 Å². The molecule has 0 unspecified atom stereocenters. The van der Waals surface area contributed by atoms with Crippen LogP contribution in [0.2, 0.25) is 0 Å². The summed E-state index contributed by atoms with van der Waals surface area (Å²) >= 11 is 5.59. The minimum Gasteiger partial charge on any atom is -0.488 e. The van der Waals surface area contributed by atoms with E-state index in [-0.39, 0.29) is 0 Å². The van der Waals surface area contributed by atoms with Gasteiger partial charge >= 0.3 is 0 Å². The molecule has 0 amide bonds. The molecule has 1 heterocycles. The molecule has 0 aliphatic heterocycles. The van der Waals surface area contributed by atoms with Crippen LogP contribution in [0.15, 0.2) is 77.3 Å². The molecule has 0 aliphatic carbocycles. The Bertz CT molecular complexity index is 1020. The SMILES string of the molecule is CCc1cc(OCc2ccccc2)c(Br)cc1Cc1cc2ccccc2s1. The fourth-order valence-corrected chi connectivity index (χ4v) is 4.88. The monoisotopic (exact) mass is 436 g/mol. The number of fused-ring (bicyclic) bond motifs is 1. The molecule has 0 aliphatic rings. The van der Waals surface area contributed by atoms with Crippen LogP contribution < -0.4 is 4.74 Å². The zero-order valence-corrected chi connectivity index (χ0v) is 17.6. The summed E-state index contributed by atoms with van der Waals surface area (Å²) in [5.74, 6) is 0.913. The van der Waals surface area contributed by atoms with E-state index >= 15 is 0 Å². The molecule has 1 aromatic heterocycles. The van der Waals surface area contributed by atoms with Crippen molar-refractivity contribution < 1.29 is 4.74 Å². The highest BCUT2D eigenvalue weighted by Crippen LogP contribution is 2.33. The largest absolute Gasteiger partial charge is 0.488 e. The average molecular weight is 437 g/mol. The third-order valence-corrected chi connectivity index (χ3v) is 6.45. The van der Waals surface area contributed by atoms with E-state index in [0.717, 1.165) is 23.1 Å². The molecule has 136 valence electrons. The highest BCUT2D eigenvalue weighted by atomic mass is 79.9. The van der Waals surface area contributed by atoms with E-state index in [1.165, 1.54) is 31.7 Å². The Balaban J connectivity index is 1.57. The van der Waals surface area contributed by atoms with E-state index in [9.17, 15) is 0 Å². The van der Waals surface area contributed by atoms with Gasteiger partial charge in [-0.15, -0.1) is 11.3 Å². The van der Waals surface area contributed by atoms with E-state index < -0.39 is 0 Å². The highest BCUT2D eigenvalue weighted by Gasteiger charge is 2.11. The first kappa shape index (κ1) is 18.3. The van der Waals surface area contributed by atoms with Crippen LogP contribution in [0.5, 0.6) is 5.75 Å². The summed E-state index contributed by atoms with van der Waals surface area (Å²) in [6.45, 7) is 2.79. The fraction of sp³-hybridized carbons (Fsp3) is 0.167. The van der Waals surface area contributed by atoms with Crippen molar-refractivity contribution in [3.8, 4) is 5.75 Å². The van der Waals surface area contributed by atoms with Crippen LogP contribution >= 0.6 is 27.3 Å². The molecule has 0 bridgehead atoms. The second-order valence-corrected chi connectivity index (χ2v) is 8.63. The zero-order chi connectivity index (χ0) is 18.6. The third kappa shape index (κ3) is 4.26. The zero-order valence-electron chi connectivity index (χ0n) is 15.2. The molecule has 3 heteroatoms. The maximum atomic E-state index is 6.07. The molecule has 0 saturated carbocycles. The number of aryl methyl sites for hydroxylation is 1.